The van der Waals surface area contributed by atoms with Gasteiger partial charge in [-0.1, -0.05) is 19.9 Å². The highest BCUT2D eigenvalue weighted by Crippen LogP contribution is 2.11. The van der Waals surface area contributed by atoms with E-state index in [9.17, 15) is 4.79 Å². The summed E-state index contributed by atoms with van der Waals surface area (Å²) < 4.78 is 5.38. The molecule has 1 atom stereocenters. The molecule has 1 fully saturated rings. The zero-order valence-corrected chi connectivity index (χ0v) is 21.4. The van der Waals surface area contributed by atoms with E-state index in [-0.39, 0.29) is 35.9 Å². The summed E-state index contributed by atoms with van der Waals surface area (Å²) in [4.78, 5) is 19.3. The summed E-state index contributed by atoms with van der Waals surface area (Å²) in [5.74, 6) is 1.06. The number of rotatable bonds is 8. The Hall–Kier alpha value is -1.03. The third-order valence-corrected chi connectivity index (χ3v) is 4.61. The molecule has 1 rings (SSSR count). The third kappa shape index (κ3) is 12.3. The van der Waals surface area contributed by atoms with Crippen LogP contribution in [0.2, 0.25) is 0 Å². The smallest absolute Gasteiger partial charge is 0.407 e. The molecule has 0 spiro atoms. The van der Waals surface area contributed by atoms with E-state index in [0.717, 1.165) is 45.0 Å². The zero-order chi connectivity index (χ0) is 21.2. The molecule has 1 amide bonds. The number of likely N-dealkylation sites (tertiary alicyclic amines) is 1. The number of guanidine groups is 1. The van der Waals surface area contributed by atoms with E-state index < -0.39 is 11.7 Å². The summed E-state index contributed by atoms with van der Waals surface area (Å²) in [5.41, 5.74) is -0.508. The molecule has 0 saturated carbocycles. The summed E-state index contributed by atoms with van der Waals surface area (Å²) in [5, 5.41) is 9.82. The van der Waals surface area contributed by atoms with Gasteiger partial charge >= 0.3 is 6.09 Å². The maximum atomic E-state index is 12.1. The number of piperidine rings is 1. The van der Waals surface area contributed by atoms with Crippen molar-refractivity contribution in [2.45, 2.75) is 72.1 Å². The van der Waals surface area contributed by atoms with Gasteiger partial charge in [-0.25, -0.2) is 4.79 Å². The van der Waals surface area contributed by atoms with Gasteiger partial charge in [0.25, 0.3) is 0 Å². The van der Waals surface area contributed by atoms with Crippen LogP contribution in [0.1, 0.15) is 54.4 Å². The number of carbonyl (C=O) groups excluding carboxylic acids is 1. The molecule has 1 unspecified atom stereocenters. The second-order valence-electron chi connectivity index (χ2n) is 8.72. The van der Waals surface area contributed by atoms with Gasteiger partial charge in [-0.3, -0.25) is 9.89 Å². The number of alkyl carbamates (subject to hydrolysis) is 1. The van der Waals surface area contributed by atoms with Crippen molar-refractivity contribution in [3.05, 3.63) is 12.7 Å². The normalized spacial score (nSPS) is 17.3. The van der Waals surface area contributed by atoms with E-state index in [1.165, 1.54) is 0 Å². The first-order valence-electron chi connectivity index (χ1n) is 10.5. The van der Waals surface area contributed by atoms with Gasteiger partial charge in [0.15, 0.2) is 5.96 Å². The lowest BCUT2D eigenvalue weighted by atomic mass is 10.0. The minimum atomic E-state index is -0.508. The Balaban J connectivity index is 0.00000784. The Kier molecular flexibility index (Phi) is 13.6. The molecule has 1 saturated heterocycles. The van der Waals surface area contributed by atoms with E-state index in [1.54, 1.807) is 0 Å². The second-order valence-corrected chi connectivity index (χ2v) is 8.72. The Morgan fingerprint density at radius 2 is 1.93 bits per heavy atom. The van der Waals surface area contributed by atoms with Crippen LogP contribution in [0.3, 0.4) is 0 Å². The molecule has 29 heavy (non-hydrogen) atoms. The Labute approximate surface area is 194 Å². The Morgan fingerprint density at radius 1 is 1.31 bits per heavy atom. The molecule has 1 aliphatic heterocycles. The molecule has 0 aromatic carbocycles. The fourth-order valence-corrected chi connectivity index (χ4v) is 3.03. The molecule has 0 aromatic heterocycles. The maximum Gasteiger partial charge on any atom is 0.407 e. The Bertz CT molecular complexity index is 512. The number of hydrogen-bond donors (Lipinski definition) is 3. The SMILES string of the molecule is C=CCN1CCC(NC(=NCC(NC(=O)OC(C)(C)C)C(C)C)NCC)CC1.I. The predicted molar refractivity (Wildman–Crippen MR) is 132 cm³/mol. The fraction of sp³-hybridized carbons (Fsp3) is 0.810. The van der Waals surface area contributed by atoms with Crippen LogP contribution in [-0.2, 0) is 4.74 Å². The summed E-state index contributed by atoms with van der Waals surface area (Å²) in [6.07, 6.45) is 3.74. The molecular weight excluding hydrogens is 481 g/mol. The predicted octanol–water partition coefficient (Wildman–Crippen LogP) is 3.36. The van der Waals surface area contributed by atoms with Crippen LogP contribution < -0.4 is 16.0 Å². The van der Waals surface area contributed by atoms with Crippen LogP contribution >= 0.6 is 24.0 Å². The van der Waals surface area contributed by atoms with Crippen molar-refractivity contribution in [3.8, 4) is 0 Å². The molecule has 0 radical (unpaired) electrons. The van der Waals surface area contributed by atoms with Crippen molar-refractivity contribution in [1.29, 1.82) is 0 Å². The standard InChI is InChI=1S/C21H41N5O2.HI/c1-8-12-26-13-10-17(11-14-26)24-19(22-9-2)23-15-18(16(3)4)25-20(27)28-21(5,6)7;/h8,16-18H,1,9-15H2,2-7H3,(H,25,27)(H2,22,23,24);1H. The zero-order valence-electron chi connectivity index (χ0n) is 19.1. The van der Waals surface area contributed by atoms with Crippen LogP contribution in [0.5, 0.6) is 0 Å². The van der Waals surface area contributed by atoms with E-state index in [2.05, 4.69) is 48.2 Å². The first-order chi connectivity index (χ1) is 13.1. The summed E-state index contributed by atoms with van der Waals surface area (Å²) >= 11 is 0. The van der Waals surface area contributed by atoms with E-state index in [0.29, 0.717) is 12.6 Å². The highest BCUT2D eigenvalue weighted by Gasteiger charge is 2.22. The van der Waals surface area contributed by atoms with Crippen LogP contribution in [0.15, 0.2) is 17.6 Å². The summed E-state index contributed by atoms with van der Waals surface area (Å²) in [7, 11) is 0. The van der Waals surface area contributed by atoms with Crippen molar-refractivity contribution in [1.82, 2.24) is 20.9 Å². The number of halogens is 1. The topological polar surface area (TPSA) is 78.0 Å². The minimum Gasteiger partial charge on any atom is -0.444 e. The molecule has 8 heteroatoms. The summed E-state index contributed by atoms with van der Waals surface area (Å²) in [6.45, 7) is 20.0. The average Bonchev–Trinajstić information content (AvgIpc) is 2.58. The number of nitrogens with one attached hydrogen (secondary N) is 3. The van der Waals surface area contributed by atoms with Gasteiger partial charge in [0.05, 0.1) is 12.6 Å². The molecular formula is C21H42IN5O2. The molecule has 0 aromatic rings. The van der Waals surface area contributed by atoms with Gasteiger partial charge in [0.2, 0.25) is 0 Å². The fourth-order valence-electron chi connectivity index (χ4n) is 3.03. The lowest BCUT2D eigenvalue weighted by Gasteiger charge is -2.32. The van der Waals surface area contributed by atoms with Gasteiger partial charge in [0.1, 0.15) is 5.60 Å². The first-order valence-corrected chi connectivity index (χ1v) is 10.5. The quantitative estimate of drug-likeness (QED) is 0.197. The monoisotopic (exact) mass is 523 g/mol. The van der Waals surface area contributed by atoms with Crippen molar-refractivity contribution in [2.75, 3.05) is 32.7 Å². The van der Waals surface area contributed by atoms with Gasteiger partial charge in [-0.2, -0.15) is 0 Å². The lowest BCUT2D eigenvalue weighted by Crippen LogP contribution is -2.49. The number of nitrogens with zero attached hydrogens (tertiary/aromatic N) is 2. The molecule has 170 valence electrons. The largest absolute Gasteiger partial charge is 0.444 e. The number of aliphatic imine (C=N–C) groups is 1. The van der Waals surface area contributed by atoms with E-state index in [4.69, 9.17) is 9.73 Å². The van der Waals surface area contributed by atoms with Gasteiger partial charge in [0, 0.05) is 32.2 Å². The van der Waals surface area contributed by atoms with Gasteiger partial charge in [-0.05, 0) is 46.5 Å². The highest BCUT2D eigenvalue weighted by atomic mass is 127. The van der Waals surface area contributed by atoms with Crippen molar-refractivity contribution < 1.29 is 9.53 Å². The average molecular weight is 524 g/mol. The lowest BCUT2D eigenvalue weighted by molar-refractivity contribution is 0.0493. The second kappa shape index (κ2) is 14.1. The van der Waals surface area contributed by atoms with Crippen LogP contribution in [0.4, 0.5) is 4.79 Å². The van der Waals surface area contributed by atoms with Crippen molar-refractivity contribution in [3.63, 3.8) is 0 Å². The van der Waals surface area contributed by atoms with E-state index >= 15 is 0 Å². The number of ether oxygens (including phenoxy) is 1. The first kappa shape index (κ1) is 28.0. The maximum absolute atomic E-state index is 12.1. The molecule has 0 bridgehead atoms. The number of hydrogen-bond acceptors (Lipinski definition) is 4. The molecule has 3 N–H and O–H groups in total. The highest BCUT2D eigenvalue weighted by molar-refractivity contribution is 14.0. The molecule has 1 heterocycles. The van der Waals surface area contributed by atoms with Crippen molar-refractivity contribution in [2.24, 2.45) is 10.9 Å². The molecule has 1 aliphatic rings. The van der Waals surface area contributed by atoms with Crippen LogP contribution in [0, 0.1) is 5.92 Å². The van der Waals surface area contributed by atoms with Crippen molar-refractivity contribution >= 4 is 36.0 Å². The van der Waals surface area contributed by atoms with Gasteiger partial charge < -0.3 is 20.7 Å². The molecule has 0 aliphatic carbocycles. The van der Waals surface area contributed by atoms with Crippen LogP contribution in [0.25, 0.3) is 0 Å². The minimum absolute atomic E-state index is 0. The van der Waals surface area contributed by atoms with Crippen LogP contribution in [-0.4, -0.2) is 67.4 Å². The van der Waals surface area contributed by atoms with E-state index in [1.807, 2.05) is 26.8 Å². The molecule has 7 nitrogen and oxygen atoms in total. The van der Waals surface area contributed by atoms with Gasteiger partial charge in [-0.15, -0.1) is 30.6 Å². The number of amides is 1. The summed E-state index contributed by atoms with van der Waals surface area (Å²) in [6, 6.07) is 0.329. The third-order valence-electron chi connectivity index (χ3n) is 4.61. The number of carbonyl (C=O) groups is 1. The Morgan fingerprint density at radius 3 is 2.41 bits per heavy atom.